The molecule has 1 aromatic rings. The number of halogens is 1. The van der Waals surface area contributed by atoms with Gasteiger partial charge in [0.1, 0.15) is 0 Å². The monoisotopic (exact) mass is 259 g/mol. The Kier molecular flexibility index (Phi) is 6.80. The van der Waals surface area contributed by atoms with E-state index in [0.717, 1.165) is 12.0 Å². The summed E-state index contributed by atoms with van der Waals surface area (Å²) in [6.45, 7) is 1.98. The van der Waals surface area contributed by atoms with E-state index in [1.54, 1.807) is 12.1 Å². The predicted molar refractivity (Wildman–Crippen MR) is 68.5 cm³/mol. The highest BCUT2D eigenvalue weighted by atomic mass is 35.5. The molecule has 2 atom stereocenters. The molecule has 0 aliphatic heterocycles. The molecule has 0 heterocycles. The van der Waals surface area contributed by atoms with Gasteiger partial charge in [-0.05, 0) is 24.1 Å². The number of rotatable bonds is 5. The maximum absolute atomic E-state index is 10.6. The third kappa shape index (κ3) is 4.34. The van der Waals surface area contributed by atoms with Crippen LogP contribution < -0.4 is 5.73 Å². The van der Waals surface area contributed by atoms with Crippen LogP contribution in [0.3, 0.4) is 0 Å². The Morgan fingerprint density at radius 1 is 1.35 bits per heavy atom. The third-order valence-electron chi connectivity index (χ3n) is 2.54. The summed E-state index contributed by atoms with van der Waals surface area (Å²) in [5.41, 5.74) is 6.83. The van der Waals surface area contributed by atoms with Crippen molar-refractivity contribution >= 4 is 18.4 Å². The van der Waals surface area contributed by atoms with Crippen molar-refractivity contribution in [3.8, 4) is 0 Å². The van der Waals surface area contributed by atoms with E-state index in [9.17, 15) is 9.90 Å². The standard InChI is InChI=1S/C12H17NO3.ClH/c1-2-3-10(14)11(13)8-4-6-9(7-5-8)12(15)16;/h4-7,10-11,14H,2-3,13H2,1H3,(H,15,16);1H/t10-,11+;/m1./s1. The van der Waals surface area contributed by atoms with Gasteiger partial charge >= 0.3 is 5.97 Å². The lowest BCUT2D eigenvalue weighted by molar-refractivity contribution is 0.0697. The Morgan fingerprint density at radius 2 is 1.88 bits per heavy atom. The first-order chi connectivity index (χ1) is 7.56. The van der Waals surface area contributed by atoms with E-state index < -0.39 is 18.1 Å². The molecular formula is C12H18ClNO3. The summed E-state index contributed by atoms with van der Waals surface area (Å²) in [6.07, 6.45) is 0.921. The fraction of sp³-hybridized carbons (Fsp3) is 0.417. The number of aliphatic hydroxyl groups excluding tert-OH is 1. The Labute approximate surface area is 107 Å². The van der Waals surface area contributed by atoms with E-state index in [-0.39, 0.29) is 18.0 Å². The van der Waals surface area contributed by atoms with Crippen LogP contribution >= 0.6 is 12.4 Å². The third-order valence-corrected chi connectivity index (χ3v) is 2.54. The minimum atomic E-state index is -0.964. The molecule has 0 aromatic heterocycles. The van der Waals surface area contributed by atoms with Crippen LogP contribution in [0.2, 0.25) is 0 Å². The molecule has 0 bridgehead atoms. The number of benzene rings is 1. The van der Waals surface area contributed by atoms with Gasteiger partial charge in [0.25, 0.3) is 0 Å². The van der Waals surface area contributed by atoms with E-state index in [1.165, 1.54) is 12.1 Å². The van der Waals surface area contributed by atoms with E-state index in [2.05, 4.69) is 0 Å². The van der Waals surface area contributed by atoms with Crippen molar-refractivity contribution in [3.63, 3.8) is 0 Å². The molecule has 17 heavy (non-hydrogen) atoms. The summed E-state index contributed by atoms with van der Waals surface area (Å²) in [5, 5.41) is 18.4. The highest BCUT2D eigenvalue weighted by molar-refractivity contribution is 5.87. The molecule has 0 fully saturated rings. The second kappa shape index (κ2) is 7.27. The van der Waals surface area contributed by atoms with Crippen molar-refractivity contribution in [2.75, 3.05) is 0 Å². The molecule has 0 aliphatic carbocycles. The Hall–Kier alpha value is -1.10. The van der Waals surface area contributed by atoms with Gasteiger partial charge in [-0.25, -0.2) is 4.79 Å². The summed E-state index contributed by atoms with van der Waals surface area (Å²) >= 11 is 0. The van der Waals surface area contributed by atoms with Gasteiger partial charge in [0, 0.05) is 0 Å². The number of carboxylic acids is 1. The molecule has 4 nitrogen and oxygen atoms in total. The highest BCUT2D eigenvalue weighted by Crippen LogP contribution is 2.18. The molecule has 1 rings (SSSR count). The van der Waals surface area contributed by atoms with Gasteiger partial charge in [-0.3, -0.25) is 0 Å². The Balaban J connectivity index is 0.00000256. The normalized spacial score (nSPS) is 13.6. The molecule has 4 N–H and O–H groups in total. The van der Waals surface area contributed by atoms with Crippen LogP contribution in [0.5, 0.6) is 0 Å². The minimum absolute atomic E-state index is 0. The van der Waals surface area contributed by atoms with Crippen molar-refractivity contribution in [3.05, 3.63) is 35.4 Å². The smallest absolute Gasteiger partial charge is 0.335 e. The van der Waals surface area contributed by atoms with Gasteiger partial charge in [-0.15, -0.1) is 12.4 Å². The molecule has 0 saturated heterocycles. The average molecular weight is 260 g/mol. The van der Waals surface area contributed by atoms with Gasteiger partial charge in [-0.2, -0.15) is 0 Å². The van der Waals surface area contributed by atoms with Gasteiger partial charge < -0.3 is 15.9 Å². The summed E-state index contributed by atoms with van der Waals surface area (Å²) in [4.78, 5) is 10.6. The van der Waals surface area contributed by atoms with E-state index in [4.69, 9.17) is 10.8 Å². The molecule has 0 radical (unpaired) electrons. The van der Waals surface area contributed by atoms with Crippen LogP contribution in [0.25, 0.3) is 0 Å². The maximum atomic E-state index is 10.6. The summed E-state index contributed by atoms with van der Waals surface area (Å²) in [7, 11) is 0. The number of carboxylic acid groups (broad SMARTS) is 1. The topological polar surface area (TPSA) is 83.5 Å². The maximum Gasteiger partial charge on any atom is 0.335 e. The van der Waals surface area contributed by atoms with Crippen molar-refractivity contribution in [1.29, 1.82) is 0 Å². The fourth-order valence-electron chi connectivity index (χ4n) is 1.55. The van der Waals surface area contributed by atoms with E-state index >= 15 is 0 Å². The summed E-state index contributed by atoms with van der Waals surface area (Å²) in [6, 6.07) is 5.83. The highest BCUT2D eigenvalue weighted by Gasteiger charge is 2.16. The SMILES string of the molecule is CCC[C@@H](O)[C@@H](N)c1ccc(C(=O)O)cc1.Cl. The molecule has 5 heteroatoms. The Morgan fingerprint density at radius 3 is 2.29 bits per heavy atom. The lowest BCUT2D eigenvalue weighted by Gasteiger charge is -2.18. The number of hydrogen-bond acceptors (Lipinski definition) is 3. The fourth-order valence-corrected chi connectivity index (χ4v) is 1.55. The van der Waals surface area contributed by atoms with Gasteiger partial charge in [0.2, 0.25) is 0 Å². The summed E-state index contributed by atoms with van der Waals surface area (Å²) < 4.78 is 0. The van der Waals surface area contributed by atoms with Gasteiger partial charge in [0.05, 0.1) is 17.7 Å². The van der Waals surface area contributed by atoms with E-state index in [0.29, 0.717) is 6.42 Å². The van der Waals surface area contributed by atoms with Crippen molar-refractivity contribution in [2.45, 2.75) is 31.9 Å². The number of aromatic carboxylic acids is 1. The first-order valence-electron chi connectivity index (χ1n) is 5.33. The number of aliphatic hydroxyl groups is 1. The van der Waals surface area contributed by atoms with Crippen molar-refractivity contribution in [2.24, 2.45) is 5.73 Å². The molecular weight excluding hydrogens is 242 g/mol. The van der Waals surface area contributed by atoms with Crippen LogP contribution in [-0.4, -0.2) is 22.3 Å². The molecule has 0 spiro atoms. The van der Waals surface area contributed by atoms with Crippen LogP contribution in [0.15, 0.2) is 24.3 Å². The molecule has 0 unspecified atom stereocenters. The zero-order valence-electron chi connectivity index (χ0n) is 9.67. The number of nitrogens with two attached hydrogens (primary N) is 1. The van der Waals surface area contributed by atoms with Crippen LogP contribution in [-0.2, 0) is 0 Å². The summed E-state index contributed by atoms with van der Waals surface area (Å²) in [5.74, 6) is -0.964. The number of hydrogen-bond donors (Lipinski definition) is 3. The zero-order valence-corrected chi connectivity index (χ0v) is 10.5. The van der Waals surface area contributed by atoms with Gasteiger partial charge in [0.15, 0.2) is 0 Å². The first kappa shape index (κ1) is 15.9. The van der Waals surface area contributed by atoms with Crippen LogP contribution in [0.1, 0.15) is 41.7 Å². The molecule has 1 aromatic carbocycles. The van der Waals surface area contributed by atoms with Gasteiger partial charge in [-0.1, -0.05) is 25.5 Å². The quantitative estimate of drug-likeness (QED) is 0.755. The first-order valence-corrected chi connectivity index (χ1v) is 5.33. The molecule has 0 aliphatic rings. The second-order valence-electron chi connectivity index (χ2n) is 3.81. The van der Waals surface area contributed by atoms with Crippen molar-refractivity contribution < 1.29 is 15.0 Å². The largest absolute Gasteiger partial charge is 0.478 e. The van der Waals surface area contributed by atoms with Crippen molar-refractivity contribution in [1.82, 2.24) is 0 Å². The molecule has 96 valence electrons. The zero-order chi connectivity index (χ0) is 12.1. The predicted octanol–water partition coefficient (Wildman–Crippen LogP) is 1.97. The van der Waals surface area contributed by atoms with Crippen LogP contribution in [0.4, 0.5) is 0 Å². The van der Waals surface area contributed by atoms with Crippen LogP contribution in [0, 0.1) is 0 Å². The Bertz CT molecular complexity index is 353. The lowest BCUT2D eigenvalue weighted by Crippen LogP contribution is -2.25. The molecule has 0 amide bonds. The average Bonchev–Trinajstić information content (AvgIpc) is 2.28. The molecule has 0 saturated carbocycles. The lowest BCUT2D eigenvalue weighted by atomic mass is 9.98. The second-order valence-corrected chi connectivity index (χ2v) is 3.81. The van der Waals surface area contributed by atoms with E-state index in [1.807, 2.05) is 6.92 Å². The minimum Gasteiger partial charge on any atom is -0.478 e. The number of carbonyl (C=O) groups is 1.